The summed E-state index contributed by atoms with van der Waals surface area (Å²) in [5.41, 5.74) is 14.0. The Kier molecular flexibility index (Phi) is 2.01. The molecule has 2 aromatic rings. The van der Waals surface area contributed by atoms with Crippen LogP contribution in [0.4, 0.5) is 11.4 Å². The first-order chi connectivity index (χ1) is 8.61. The number of hydrogen-bond donors (Lipinski definition) is 2. The number of Topliss-reactive ketones (excluding diaryl/α,β-unsaturated/α-hetero) is 2. The van der Waals surface area contributed by atoms with Gasteiger partial charge in [-0.05, 0) is 17.2 Å². The van der Waals surface area contributed by atoms with E-state index in [0.29, 0.717) is 16.8 Å². The highest BCUT2D eigenvalue weighted by atomic mass is 16.2. The Morgan fingerprint density at radius 3 is 2.11 bits per heavy atom. The number of nitrogen functional groups attached to an aromatic ring is 2. The number of ketones is 2. The van der Waals surface area contributed by atoms with Gasteiger partial charge in [-0.3, -0.25) is 9.59 Å². The van der Waals surface area contributed by atoms with Crippen molar-refractivity contribution in [3.05, 3.63) is 47.5 Å². The van der Waals surface area contributed by atoms with Crippen LogP contribution in [0.5, 0.6) is 0 Å². The van der Waals surface area contributed by atoms with Gasteiger partial charge in [0, 0.05) is 5.56 Å². The fourth-order valence-electron chi connectivity index (χ4n) is 2.26. The van der Waals surface area contributed by atoms with Crippen molar-refractivity contribution < 1.29 is 9.59 Å². The van der Waals surface area contributed by atoms with Gasteiger partial charge in [-0.15, -0.1) is 0 Å². The quantitative estimate of drug-likeness (QED) is 0.542. The van der Waals surface area contributed by atoms with E-state index in [1.165, 1.54) is 0 Å². The molecule has 0 atom stereocenters. The maximum atomic E-state index is 12.1. The molecule has 0 bridgehead atoms. The number of hydrogen-bond acceptors (Lipinski definition) is 4. The molecular weight excluding hydrogens is 228 g/mol. The summed E-state index contributed by atoms with van der Waals surface area (Å²) in [4.78, 5) is 24.1. The van der Waals surface area contributed by atoms with Crippen LogP contribution < -0.4 is 11.5 Å². The van der Waals surface area contributed by atoms with Crippen molar-refractivity contribution in [3.8, 4) is 11.1 Å². The fourth-order valence-corrected chi connectivity index (χ4v) is 2.26. The summed E-state index contributed by atoms with van der Waals surface area (Å²) in [5.74, 6) is -1.12. The van der Waals surface area contributed by atoms with E-state index in [0.717, 1.165) is 5.56 Å². The Labute approximate surface area is 103 Å². The fraction of sp³-hybridized carbons (Fsp3) is 0. The topological polar surface area (TPSA) is 86.2 Å². The summed E-state index contributed by atoms with van der Waals surface area (Å²) in [6.07, 6.45) is 0. The number of carbonyl (C=O) groups excluding carboxylic acids is 2. The highest BCUT2D eigenvalue weighted by molar-refractivity contribution is 6.54. The first kappa shape index (κ1) is 10.5. The lowest BCUT2D eigenvalue weighted by molar-refractivity contribution is 0.0816. The number of rotatable bonds is 0. The molecule has 0 unspecified atom stereocenters. The smallest absolute Gasteiger partial charge is 0.236 e. The van der Waals surface area contributed by atoms with Crippen molar-refractivity contribution in [1.29, 1.82) is 0 Å². The second-order valence-electron chi connectivity index (χ2n) is 4.19. The van der Waals surface area contributed by atoms with Crippen molar-refractivity contribution in [1.82, 2.24) is 0 Å². The molecule has 0 saturated carbocycles. The van der Waals surface area contributed by atoms with Crippen LogP contribution in [0.25, 0.3) is 11.1 Å². The highest BCUT2D eigenvalue weighted by Crippen LogP contribution is 2.38. The first-order valence-electron chi connectivity index (χ1n) is 5.47. The molecule has 0 aliphatic heterocycles. The van der Waals surface area contributed by atoms with E-state index < -0.39 is 11.6 Å². The molecular formula is C14H10N2O2. The molecule has 4 heteroatoms. The van der Waals surface area contributed by atoms with Crippen molar-refractivity contribution in [2.75, 3.05) is 11.5 Å². The van der Waals surface area contributed by atoms with Crippen LogP contribution in [0, 0.1) is 0 Å². The molecule has 4 nitrogen and oxygen atoms in total. The van der Waals surface area contributed by atoms with E-state index in [2.05, 4.69) is 0 Å². The van der Waals surface area contributed by atoms with Gasteiger partial charge >= 0.3 is 0 Å². The van der Waals surface area contributed by atoms with Gasteiger partial charge in [-0.1, -0.05) is 30.3 Å². The van der Waals surface area contributed by atoms with Gasteiger partial charge in [0.05, 0.1) is 16.9 Å². The van der Waals surface area contributed by atoms with Crippen molar-refractivity contribution in [2.24, 2.45) is 0 Å². The minimum Gasteiger partial charge on any atom is -0.397 e. The van der Waals surface area contributed by atoms with Crippen LogP contribution in [-0.2, 0) is 0 Å². The van der Waals surface area contributed by atoms with Gasteiger partial charge in [-0.2, -0.15) is 0 Å². The minimum atomic E-state index is -0.589. The van der Waals surface area contributed by atoms with Crippen LogP contribution in [0.2, 0.25) is 0 Å². The summed E-state index contributed by atoms with van der Waals surface area (Å²) >= 11 is 0. The average molecular weight is 238 g/mol. The van der Waals surface area contributed by atoms with Crippen LogP contribution in [0.3, 0.4) is 0 Å². The SMILES string of the molecule is Nc1ccc2c(c1N)C(=O)C(=O)c1ccccc1-2. The largest absolute Gasteiger partial charge is 0.397 e. The highest BCUT2D eigenvalue weighted by Gasteiger charge is 2.32. The molecule has 1 aliphatic carbocycles. The Balaban J connectivity index is 2.44. The number of fused-ring (bicyclic) bond motifs is 3. The van der Waals surface area contributed by atoms with Gasteiger partial charge in [0.1, 0.15) is 0 Å². The molecule has 1 aliphatic rings. The summed E-state index contributed by atoms with van der Waals surface area (Å²) in [6, 6.07) is 10.4. The molecule has 0 radical (unpaired) electrons. The zero-order chi connectivity index (χ0) is 12.9. The third-order valence-electron chi connectivity index (χ3n) is 3.17. The standard InChI is InChI=1S/C14H10N2O2/c15-10-6-5-8-7-3-1-2-4-9(7)13(17)14(18)11(8)12(10)16/h1-6H,15-16H2. The van der Waals surface area contributed by atoms with Crippen LogP contribution in [0.15, 0.2) is 36.4 Å². The molecule has 0 amide bonds. The third-order valence-corrected chi connectivity index (χ3v) is 3.17. The van der Waals surface area contributed by atoms with Crippen molar-refractivity contribution in [3.63, 3.8) is 0 Å². The van der Waals surface area contributed by atoms with Gasteiger partial charge in [-0.25, -0.2) is 0 Å². The molecule has 88 valence electrons. The molecule has 0 saturated heterocycles. The molecule has 3 rings (SSSR count). The Hall–Kier alpha value is -2.62. The first-order valence-corrected chi connectivity index (χ1v) is 5.47. The van der Waals surface area contributed by atoms with Gasteiger partial charge in [0.15, 0.2) is 0 Å². The molecule has 0 spiro atoms. The summed E-state index contributed by atoms with van der Waals surface area (Å²) < 4.78 is 0. The maximum Gasteiger partial charge on any atom is 0.236 e. The van der Waals surface area contributed by atoms with Crippen LogP contribution >= 0.6 is 0 Å². The molecule has 2 aromatic carbocycles. The molecule has 4 N–H and O–H groups in total. The normalized spacial score (nSPS) is 13.1. The number of nitrogens with two attached hydrogens (primary N) is 2. The van der Waals surface area contributed by atoms with Crippen molar-refractivity contribution in [2.45, 2.75) is 0 Å². The lowest BCUT2D eigenvalue weighted by Crippen LogP contribution is -2.23. The van der Waals surface area contributed by atoms with E-state index in [-0.39, 0.29) is 11.3 Å². The van der Waals surface area contributed by atoms with E-state index in [1.54, 1.807) is 30.3 Å². The summed E-state index contributed by atoms with van der Waals surface area (Å²) in [6.45, 7) is 0. The molecule has 0 fully saturated rings. The van der Waals surface area contributed by atoms with Crippen molar-refractivity contribution >= 4 is 22.9 Å². The lowest BCUT2D eigenvalue weighted by atomic mass is 9.83. The molecule has 18 heavy (non-hydrogen) atoms. The second kappa shape index (κ2) is 3.43. The second-order valence-corrected chi connectivity index (χ2v) is 4.19. The van der Waals surface area contributed by atoms with E-state index in [1.807, 2.05) is 6.07 Å². The van der Waals surface area contributed by atoms with E-state index in [4.69, 9.17) is 11.5 Å². The maximum absolute atomic E-state index is 12.1. The zero-order valence-electron chi connectivity index (χ0n) is 9.44. The Morgan fingerprint density at radius 1 is 0.722 bits per heavy atom. The summed E-state index contributed by atoms with van der Waals surface area (Å²) in [5, 5.41) is 0. The Morgan fingerprint density at radius 2 is 1.39 bits per heavy atom. The monoisotopic (exact) mass is 238 g/mol. The third kappa shape index (κ3) is 1.20. The van der Waals surface area contributed by atoms with E-state index >= 15 is 0 Å². The van der Waals surface area contributed by atoms with Crippen LogP contribution in [0.1, 0.15) is 20.7 Å². The number of anilines is 2. The lowest BCUT2D eigenvalue weighted by Gasteiger charge is -2.19. The van der Waals surface area contributed by atoms with Gasteiger partial charge in [0.25, 0.3) is 0 Å². The molecule has 0 aromatic heterocycles. The van der Waals surface area contributed by atoms with Crippen LogP contribution in [-0.4, -0.2) is 11.6 Å². The van der Waals surface area contributed by atoms with Gasteiger partial charge in [0.2, 0.25) is 11.6 Å². The number of carbonyl (C=O) groups is 2. The molecule has 0 heterocycles. The minimum absolute atomic E-state index is 0.181. The van der Waals surface area contributed by atoms with E-state index in [9.17, 15) is 9.59 Å². The predicted octanol–water partition coefficient (Wildman–Crippen LogP) is 1.90. The number of benzene rings is 2. The Bertz CT molecular complexity index is 705. The predicted molar refractivity (Wildman–Crippen MR) is 69.4 cm³/mol. The average Bonchev–Trinajstić information content (AvgIpc) is 2.39. The zero-order valence-corrected chi connectivity index (χ0v) is 9.44. The summed E-state index contributed by atoms with van der Waals surface area (Å²) in [7, 11) is 0. The van der Waals surface area contributed by atoms with Gasteiger partial charge < -0.3 is 11.5 Å².